The van der Waals surface area contributed by atoms with Crippen LogP contribution < -0.4 is 4.72 Å². The van der Waals surface area contributed by atoms with Gasteiger partial charge >= 0.3 is 6.01 Å². The van der Waals surface area contributed by atoms with Crippen LogP contribution in [0.4, 0.5) is 6.01 Å². The van der Waals surface area contributed by atoms with Crippen LogP contribution in [0.15, 0.2) is 15.6 Å². The van der Waals surface area contributed by atoms with Gasteiger partial charge in [-0.1, -0.05) is 5.10 Å². The fourth-order valence-corrected chi connectivity index (χ4v) is 3.48. The van der Waals surface area contributed by atoms with E-state index < -0.39 is 10.0 Å². The number of hydrogen-bond donors (Lipinski definition) is 1. The van der Waals surface area contributed by atoms with Gasteiger partial charge in [0.2, 0.25) is 5.89 Å². The van der Waals surface area contributed by atoms with Crippen LogP contribution in [0.2, 0.25) is 0 Å². The zero-order valence-corrected chi connectivity index (χ0v) is 11.4. The summed E-state index contributed by atoms with van der Waals surface area (Å²) < 4.78 is 34.0. The van der Waals surface area contributed by atoms with Gasteiger partial charge in [0.1, 0.15) is 5.82 Å². The first-order valence-corrected chi connectivity index (χ1v) is 8.02. The predicted octanol–water partition coefficient (Wildman–Crippen LogP) is 0.891. The van der Waals surface area contributed by atoms with Crippen molar-refractivity contribution in [2.75, 3.05) is 4.72 Å². The Hall–Kier alpha value is -1.90. The topological polar surface area (TPSA) is 103 Å². The minimum absolute atomic E-state index is 0.0829. The molecule has 106 valence electrons. The Balaban J connectivity index is 1.62. The number of fused-ring (bicyclic) bond motifs is 1. The van der Waals surface area contributed by atoms with Gasteiger partial charge in [-0.3, -0.25) is 0 Å². The van der Waals surface area contributed by atoms with E-state index in [2.05, 4.69) is 19.9 Å². The third kappa shape index (κ3) is 1.89. The lowest BCUT2D eigenvalue weighted by molar-refractivity contribution is 0.510. The quantitative estimate of drug-likeness (QED) is 0.898. The maximum Gasteiger partial charge on any atom is 0.329 e. The highest BCUT2D eigenvalue weighted by Crippen LogP contribution is 2.39. The number of nitrogens with zero attached hydrogens (tertiary/aromatic N) is 4. The van der Waals surface area contributed by atoms with Crippen LogP contribution in [0.5, 0.6) is 0 Å². The van der Waals surface area contributed by atoms with Crippen LogP contribution in [0.3, 0.4) is 0 Å². The second-order valence-corrected chi connectivity index (χ2v) is 6.72. The summed E-state index contributed by atoms with van der Waals surface area (Å²) in [5.74, 6) is 1.59. The van der Waals surface area contributed by atoms with Crippen molar-refractivity contribution < 1.29 is 12.8 Å². The van der Waals surface area contributed by atoms with Gasteiger partial charge in [-0.05, 0) is 19.3 Å². The molecule has 0 atom stereocenters. The fourth-order valence-electron chi connectivity index (χ4n) is 2.38. The number of anilines is 1. The van der Waals surface area contributed by atoms with E-state index in [0.717, 1.165) is 31.5 Å². The highest BCUT2D eigenvalue weighted by molar-refractivity contribution is 7.92. The molecule has 4 rings (SSSR count). The van der Waals surface area contributed by atoms with Crippen molar-refractivity contribution in [2.45, 2.75) is 43.2 Å². The first kappa shape index (κ1) is 11.9. The van der Waals surface area contributed by atoms with E-state index >= 15 is 0 Å². The molecule has 1 saturated carbocycles. The van der Waals surface area contributed by atoms with Crippen molar-refractivity contribution in [1.29, 1.82) is 0 Å². The van der Waals surface area contributed by atoms with Crippen LogP contribution in [0, 0.1) is 0 Å². The molecule has 1 N–H and O–H groups in total. The summed E-state index contributed by atoms with van der Waals surface area (Å²) in [6.07, 6.45) is 5.13. The SMILES string of the molecule is O=S(=O)(Nc1nnc(C2CC2)o1)c1cnc2n1CCC2. The largest absolute Gasteiger partial charge is 0.407 e. The van der Waals surface area contributed by atoms with Gasteiger partial charge in [0.25, 0.3) is 10.0 Å². The summed E-state index contributed by atoms with van der Waals surface area (Å²) in [7, 11) is -3.73. The molecule has 0 aromatic carbocycles. The molecule has 2 aliphatic rings. The maximum absolute atomic E-state index is 12.3. The smallest absolute Gasteiger partial charge is 0.329 e. The molecule has 1 fully saturated rings. The molecule has 2 aromatic rings. The highest BCUT2D eigenvalue weighted by atomic mass is 32.2. The number of imidazole rings is 1. The number of aromatic nitrogens is 4. The van der Waals surface area contributed by atoms with Crippen LogP contribution in [-0.4, -0.2) is 28.2 Å². The monoisotopic (exact) mass is 295 g/mol. The van der Waals surface area contributed by atoms with Gasteiger partial charge in [0.05, 0.1) is 6.20 Å². The van der Waals surface area contributed by atoms with Crippen LogP contribution >= 0.6 is 0 Å². The molecule has 0 unspecified atom stereocenters. The first-order chi connectivity index (χ1) is 9.63. The molecule has 0 bridgehead atoms. The van der Waals surface area contributed by atoms with E-state index in [0.29, 0.717) is 18.4 Å². The number of nitrogens with one attached hydrogen (secondary N) is 1. The fraction of sp³-hybridized carbons (Fsp3) is 0.545. The summed E-state index contributed by atoms with van der Waals surface area (Å²) in [5, 5.41) is 7.73. The molecule has 0 radical (unpaired) electrons. The standard InChI is InChI=1S/C11H13N5O3S/c17-20(18,9-6-12-8-2-1-5-16(8)9)15-11-14-13-10(19-11)7-3-4-7/h6-7H,1-5H2,(H,14,15). The van der Waals surface area contributed by atoms with Crippen molar-refractivity contribution in [3.63, 3.8) is 0 Å². The van der Waals surface area contributed by atoms with Gasteiger partial charge < -0.3 is 8.98 Å². The number of aryl methyl sites for hydroxylation is 1. The molecule has 2 aromatic heterocycles. The average molecular weight is 295 g/mol. The zero-order chi connectivity index (χ0) is 13.7. The molecule has 1 aliphatic carbocycles. The highest BCUT2D eigenvalue weighted by Gasteiger charge is 2.31. The van der Waals surface area contributed by atoms with Crippen molar-refractivity contribution in [3.05, 3.63) is 17.9 Å². The molecular formula is C11H13N5O3S. The zero-order valence-electron chi connectivity index (χ0n) is 10.6. The molecule has 8 nitrogen and oxygen atoms in total. The minimum Gasteiger partial charge on any atom is -0.407 e. The van der Waals surface area contributed by atoms with E-state index in [1.807, 2.05) is 0 Å². The second kappa shape index (κ2) is 4.05. The second-order valence-electron chi connectivity index (χ2n) is 5.09. The summed E-state index contributed by atoms with van der Waals surface area (Å²) in [5.41, 5.74) is 0. The van der Waals surface area contributed by atoms with Crippen LogP contribution in [-0.2, 0) is 23.0 Å². The Morgan fingerprint density at radius 1 is 1.35 bits per heavy atom. The van der Waals surface area contributed by atoms with E-state index in [1.165, 1.54) is 6.20 Å². The average Bonchev–Trinajstić information content (AvgIpc) is 2.82. The summed E-state index contributed by atoms with van der Waals surface area (Å²) in [4.78, 5) is 4.13. The lowest BCUT2D eigenvalue weighted by Crippen LogP contribution is -2.17. The van der Waals surface area contributed by atoms with Crippen LogP contribution in [0.1, 0.15) is 36.9 Å². The van der Waals surface area contributed by atoms with Crippen LogP contribution in [0.25, 0.3) is 0 Å². The van der Waals surface area contributed by atoms with Crippen molar-refractivity contribution in [3.8, 4) is 0 Å². The normalized spacial score (nSPS) is 18.2. The molecular weight excluding hydrogens is 282 g/mol. The van der Waals surface area contributed by atoms with Gasteiger partial charge in [0, 0.05) is 18.9 Å². The van der Waals surface area contributed by atoms with Crippen molar-refractivity contribution >= 4 is 16.0 Å². The minimum atomic E-state index is -3.73. The Labute approximate surface area is 115 Å². The Morgan fingerprint density at radius 2 is 2.20 bits per heavy atom. The van der Waals surface area contributed by atoms with E-state index in [9.17, 15) is 8.42 Å². The van der Waals surface area contributed by atoms with Crippen molar-refractivity contribution in [1.82, 2.24) is 19.7 Å². The van der Waals surface area contributed by atoms with Gasteiger partial charge in [0.15, 0.2) is 5.03 Å². The van der Waals surface area contributed by atoms with E-state index in [4.69, 9.17) is 4.42 Å². The van der Waals surface area contributed by atoms with Gasteiger partial charge in [-0.15, -0.1) is 5.10 Å². The molecule has 0 amide bonds. The first-order valence-electron chi connectivity index (χ1n) is 6.54. The summed E-state index contributed by atoms with van der Waals surface area (Å²) in [6, 6.07) is -0.0829. The number of hydrogen-bond acceptors (Lipinski definition) is 6. The lowest BCUT2D eigenvalue weighted by atomic mass is 10.4. The number of sulfonamides is 1. The molecule has 20 heavy (non-hydrogen) atoms. The molecule has 9 heteroatoms. The summed E-state index contributed by atoms with van der Waals surface area (Å²) in [6.45, 7) is 0.669. The summed E-state index contributed by atoms with van der Waals surface area (Å²) >= 11 is 0. The molecule has 0 saturated heterocycles. The van der Waals surface area contributed by atoms with E-state index in [-0.39, 0.29) is 11.0 Å². The third-order valence-electron chi connectivity index (χ3n) is 3.55. The molecule has 1 aliphatic heterocycles. The predicted molar refractivity (Wildman–Crippen MR) is 67.6 cm³/mol. The number of rotatable bonds is 4. The molecule has 0 spiro atoms. The Kier molecular flexibility index (Phi) is 2.40. The maximum atomic E-state index is 12.3. The van der Waals surface area contributed by atoms with Gasteiger partial charge in [-0.2, -0.15) is 8.42 Å². The van der Waals surface area contributed by atoms with Crippen molar-refractivity contribution in [2.24, 2.45) is 0 Å². The van der Waals surface area contributed by atoms with Gasteiger partial charge in [-0.25, -0.2) is 9.71 Å². The Bertz CT molecular complexity index is 759. The molecule has 3 heterocycles. The third-order valence-corrected chi connectivity index (χ3v) is 4.87. The lowest BCUT2D eigenvalue weighted by Gasteiger charge is -2.05. The van der Waals surface area contributed by atoms with E-state index in [1.54, 1.807) is 4.57 Å². The Morgan fingerprint density at radius 3 is 3.00 bits per heavy atom.